The van der Waals surface area contributed by atoms with E-state index in [9.17, 15) is 18.0 Å². The summed E-state index contributed by atoms with van der Waals surface area (Å²) >= 11 is 0. The second kappa shape index (κ2) is 6.24. The lowest BCUT2D eigenvalue weighted by Crippen LogP contribution is -2.33. The molecular weight excluding hydrogens is 287 g/mol. The Morgan fingerprint density at radius 2 is 2.00 bits per heavy atom. The molecule has 1 aliphatic heterocycles. The SMILES string of the molecule is COc1ccc(C2CCCN2C(=O)OCC(F)(F)F)cc1. The van der Waals surface area contributed by atoms with Gasteiger partial charge in [-0.3, -0.25) is 0 Å². The fourth-order valence-corrected chi connectivity index (χ4v) is 2.38. The van der Waals surface area contributed by atoms with E-state index in [1.165, 1.54) is 4.90 Å². The predicted molar refractivity (Wildman–Crippen MR) is 69.1 cm³/mol. The van der Waals surface area contributed by atoms with E-state index >= 15 is 0 Å². The monoisotopic (exact) mass is 303 g/mol. The summed E-state index contributed by atoms with van der Waals surface area (Å²) in [6, 6.07) is 6.87. The fraction of sp³-hybridized carbons (Fsp3) is 0.500. The molecule has 1 saturated heterocycles. The van der Waals surface area contributed by atoms with Crippen LogP contribution in [-0.2, 0) is 4.74 Å². The van der Waals surface area contributed by atoms with E-state index in [-0.39, 0.29) is 6.04 Å². The van der Waals surface area contributed by atoms with Gasteiger partial charge < -0.3 is 14.4 Å². The Hall–Kier alpha value is -1.92. The van der Waals surface area contributed by atoms with Crippen LogP contribution in [0.3, 0.4) is 0 Å². The Morgan fingerprint density at radius 3 is 2.57 bits per heavy atom. The zero-order valence-corrected chi connectivity index (χ0v) is 11.5. The van der Waals surface area contributed by atoms with E-state index in [1.807, 2.05) is 0 Å². The van der Waals surface area contributed by atoms with E-state index in [4.69, 9.17) is 4.74 Å². The van der Waals surface area contributed by atoms with E-state index in [0.29, 0.717) is 18.7 Å². The molecule has 1 fully saturated rings. The molecule has 1 aromatic carbocycles. The van der Waals surface area contributed by atoms with Gasteiger partial charge in [0.2, 0.25) is 0 Å². The van der Waals surface area contributed by atoms with E-state index in [1.54, 1.807) is 31.4 Å². The first-order chi connectivity index (χ1) is 9.90. The summed E-state index contributed by atoms with van der Waals surface area (Å²) in [6.45, 7) is -1.16. The highest BCUT2D eigenvalue weighted by Crippen LogP contribution is 2.33. The maximum absolute atomic E-state index is 12.1. The van der Waals surface area contributed by atoms with Crippen molar-refractivity contribution in [1.29, 1.82) is 0 Å². The van der Waals surface area contributed by atoms with Crippen molar-refractivity contribution in [3.8, 4) is 5.75 Å². The summed E-state index contributed by atoms with van der Waals surface area (Å²) in [4.78, 5) is 13.1. The Balaban J connectivity index is 2.03. The first kappa shape index (κ1) is 15.5. The van der Waals surface area contributed by atoms with Crippen LogP contribution in [-0.4, -0.2) is 37.4 Å². The average Bonchev–Trinajstić information content (AvgIpc) is 2.93. The third-order valence-corrected chi connectivity index (χ3v) is 3.35. The minimum atomic E-state index is -4.51. The summed E-state index contributed by atoms with van der Waals surface area (Å²) in [7, 11) is 1.55. The van der Waals surface area contributed by atoms with Gasteiger partial charge in [0.15, 0.2) is 6.61 Å². The molecule has 1 aliphatic rings. The molecular formula is C14H16F3NO3. The summed E-state index contributed by atoms with van der Waals surface area (Å²) < 4.78 is 45.7. The normalized spacial score (nSPS) is 18.7. The van der Waals surface area contributed by atoms with Gasteiger partial charge in [-0.2, -0.15) is 13.2 Å². The molecule has 1 unspecified atom stereocenters. The Morgan fingerprint density at radius 1 is 1.33 bits per heavy atom. The topological polar surface area (TPSA) is 38.8 Å². The van der Waals surface area contributed by atoms with Crippen molar-refractivity contribution >= 4 is 6.09 Å². The molecule has 0 aromatic heterocycles. The molecule has 0 saturated carbocycles. The molecule has 1 atom stereocenters. The molecule has 116 valence electrons. The molecule has 0 aliphatic carbocycles. The van der Waals surface area contributed by atoms with Gasteiger partial charge in [-0.1, -0.05) is 12.1 Å². The van der Waals surface area contributed by atoms with Crippen molar-refractivity contribution in [2.75, 3.05) is 20.3 Å². The van der Waals surface area contributed by atoms with Crippen molar-refractivity contribution in [1.82, 2.24) is 4.90 Å². The smallest absolute Gasteiger partial charge is 0.422 e. The number of halogens is 3. The predicted octanol–water partition coefficient (Wildman–Crippen LogP) is 3.53. The number of carbonyl (C=O) groups excluding carboxylic acids is 1. The molecule has 1 heterocycles. The van der Waals surface area contributed by atoms with E-state index in [2.05, 4.69) is 4.74 Å². The van der Waals surface area contributed by atoms with Crippen LogP contribution < -0.4 is 4.74 Å². The zero-order valence-electron chi connectivity index (χ0n) is 11.5. The van der Waals surface area contributed by atoms with Gasteiger partial charge in [0.05, 0.1) is 13.2 Å². The maximum Gasteiger partial charge on any atom is 0.422 e. The molecule has 4 nitrogen and oxygen atoms in total. The van der Waals surface area contributed by atoms with Crippen LogP contribution in [0.25, 0.3) is 0 Å². The minimum absolute atomic E-state index is 0.253. The van der Waals surface area contributed by atoms with Crippen LogP contribution >= 0.6 is 0 Å². The molecule has 1 amide bonds. The second-order valence-corrected chi connectivity index (χ2v) is 4.79. The summed E-state index contributed by atoms with van der Waals surface area (Å²) in [5.74, 6) is 0.683. The van der Waals surface area contributed by atoms with Gasteiger partial charge in [-0.05, 0) is 30.5 Å². The number of hydrogen-bond acceptors (Lipinski definition) is 3. The molecule has 7 heteroatoms. The number of ether oxygens (including phenoxy) is 2. The third-order valence-electron chi connectivity index (χ3n) is 3.35. The molecule has 2 rings (SSSR count). The van der Waals surface area contributed by atoms with Gasteiger partial charge in [0.25, 0.3) is 0 Å². The van der Waals surface area contributed by atoms with Gasteiger partial charge in [-0.25, -0.2) is 4.79 Å². The van der Waals surface area contributed by atoms with Crippen molar-refractivity contribution in [3.63, 3.8) is 0 Å². The van der Waals surface area contributed by atoms with Crippen LogP contribution in [0.1, 0.15) is 24.4 Å². The molecule has 0 N–H and O–H groups in total. The molecule has 0 bridgehead atoms. The zero-order chi connectivity index (χ0) is 15.5. The molecule has 0 radical (unpaired) electrons. The maximum atomic E-state index is 12.1. The first-order valence-electron chi connectivity index (χ1n) is 6.55. The Bertz CT molecular complexity index is 487. The highest BCUT2D eigenvalue weighted by Gasteiger charge is 2.35. The van der Waals surface area contributed by atoms with Crippen LogP contribution in [0.5, 0.6) is 5.75 Å². The fourth-order valence-electron chi connectivity index (χ4n) is 2.38. The molecule has 21 heavy (non-hydrogen) atoms. The highest BCUT2D eigenvalue weighted by molar-refractivity contribution is 5.68. The Labute approximate surface area is 120 Å². The van der Waals surface area contributed by atoms with Crippen molar-refractivity contribution < 1.29 is 27.4 Å². The summed E-state index contributed by atoms with van der Waals surface area (Å²) in [6.07, 6.45) is -4.00. The largest absolute Gasteiger partial charge is 0.497 e. The average molecular weight is 303 g/mol. The molecule has 1 aromatic rings. The number of methoxy groups -OCH3 is 1. The van der Waals surface area contributed by atoms with Gasteiger partial charge in [-0.15, -0.1) is 0 Å². The van der Waals surface area contributed by atoms with Crippen LogP contribution in [0.4, 0.5) is 18.0 Å². The summed E-state index contributed by atoms with van der Waals surface area (Å²) in [5, 5.41) is 0. The number of hydrogen-bond donors (Lipinski definition) is 0. The second-order valence-electron chi connectivity index (χ2n) is 4.79. The van der Waals surface area contributed by atoms with Gasteiger partial charge in [0.1, 0.15) is 5.75 Å². The standard InChI is InChI=1S/C14H16F3NO3/c1-20-11-6-4-10(5-7-11)12-3-2-8-18(12)13(19)21-9-14(15,16)17/h4-7,12H,2-3,8-9H2,1H3. The summed E-state index contributed by atoms with van der Waals surface area (Å²) in [5.41, 5.74) is 0.859. The number of carbonyl (C=O) groups is 1. The van der Waals surface area contributed by atoms with Crippen LogP contribution in [0.15, 0.2) is 24.3 Å². The number of alkyl halides is 3. The van der Waals surface area contributed by atoms with Crippen molar-refractivity contribution in [2.45, 2.75) is 25.1 Å². The number of nitrogens with zero attached hydrogens (tertiary/aromatic N) is 1. The third kappa shape index (κ3) is 4.03. The van der Waals surface area contributed by atoms with Gasteiger partial charge in [0, 0.05) is 6.54 Å². The Kier molecular flexibility index (Phi) is 4.59. The lowest BCUT2D eigenvalue weighted by Gasteiger charge is -2.24. The number of rotatable bonds is 3. The minimum Gasteiger partial charge on any atom is -0.497 e. The highest BCUT2D eigenvalue weighted by atomic mass is 19.4. The molecule has 0 spiro atoms. The van der Waals surface area contributed by atoms with Crippen LogP contribution in [0, 0.1) is 0 Å². The number of benzene rings is 1. The lowest BCUT2D eigenvalue weighted by molar-refractivity contribution is -0.162. The van der Waals surface area contributed by atoms with E-state index in [0.717, 1.165) is 12.0 Å². The number of amides is 1. The number of likely N-dealkylation sites (tertiary alicyclic amines) is 1. The van der Waals surface area contributed by atoms with Crippen LogP contribution in [0.2, 0.25) is 0 Å². The first-order valence-corrected chi connectivity index (χ1v) is 6.55. The van der Waals surface area contributed by atoms with Gasteiger partial charge >= 0.3 is 12.3 Å². The van der Waals surface area contributed by atoms with Crippen molar-refractivity contribution in [2.24, 2.45) is 0 Å². The van der Waals surface area contributed by atoms with Crippen molar-refractivity contribution in [3.05, 3.63) is 29.8 Å². The quantitative estimate of drug-likeness (QED) is 0.857. The lowest BCUT2D eigenvalue weighted by atomic mass is 10.0. The van der Waals surface area contributed by atoms with E-state index < -0.39 is 18.9 Å².